The van der Waals surface area contributed by atoms with E-state index >= 15 is 0 Å². The van der Waals surface area contributed by atoms with Gasteiger partial charge in [-0.2, -0.15) is 4.98 Å². The van der Waals surface area contributed by atoms with Gasteiger partial charge in [0.2, 0.25) is 5.95 Å². The van der Waals surface area contributed by atoms with E-state index in [1.165, 1.54) is 0 Å². The van der Waals surface area contributed by atoms with Crippen LogP contribution in [0.2, 0.25) is 0 Å². The van der Waals surface area contributed by atoms with E-state index < -0.39 is 0 Å². The summed E-state index contributed by atoms with van der Waals surface area (Å²) in [5.74, 6) is 1.77. The number of hydrogen-bond acceptors (Lipinski definition) is 6. The van der Waals surface area contributed by atoms with Crippen molar-refractivity contribution in [1.82, 2.24) is 20.3 Å². The van der Waals surface area contributed by atoms with Gasteiger partial charge in [0, 0.05) is 55.1 Å². The second-order valence-electron chi connectivity index (χ2n) is 9.14. The van der Waals surface area contributed by atoms with Crippen LogP contribution in [0.4, 0.5) is 11.8 Å². The summed E-state index contributed by atoms with van der Waals surface area (Å²) >= 11 is 0. The number of hydrogen-bond donors (Lipinski definition) is 3. The van der Waals surface area contributed by atoms with Gasteiger partial charge in [0.1, 0.15) is 5.82 Å². The average molecular weight is 435 g/mol. The van der Waals surface area contributed by atoms with Gasteiger partial charge in [0.05, 0.1) is 5.52 Å². The number of carbonyl (C=O) groups is 1. The standard InChI is InChI=1S/C25H34N6O/c1-15-22(27-16(2)23(15)17(3)32)14-26-18-10-12-19(13-11-18)28-25-29-21-9-7-6-8-20(21)24(30-25)31(4)5/h6-9,18-19,26-27H,10-14H2,1-5H3,(H,28,29,30). The molecule has 7 heteroatoms. The number of nitrogens with zero attached hydrogens (tertiary/aromatic N) is 3. The minimum atomic E-state index is 0.127. The summed E-state index contributed by atoms with van der Waals surface area (Å²) in [6.07, 6.45) is 4.35. The maximum absolute atomic E-state index is 11.9. The molecule has 0 aliphatic heterocycles. The van der Waals surface area contributed by atoms with Crippen LogP contribution in [0, 0.1) is 13.8 Å². The van der Waals surface area contributed by atoms with Crippen LogP contribution in [0.15, 0.2) is 24.3 Å². The lowest BCUT2D eigenvalue weighted by atomic mass is 9.91. The molecule has 7 nitrogen and oxygen atoms in total. The first-order chi connectivity index (χ1) is 15.3. The lowest BCUT2D eigenvalue weighted by Crippen LogP contribution is -2.37. The molecule has 2 aromatic heterocycles. The molecule has 1 fully saturated rings. The van der Waals surface area contributed by atoms with E-state index in [2.05, 4.69) is 21.7 Å². The van der Waals surface area contributed by atoms with Crippen LogP contribution in [0.25, 0.3) is 10.9 Å². The number of Topliss-reactive ketones (excluding diaryl/α,β-unsaturated/α-hetero) is 1. The number of H-pyrrole nitrogens is 1. The summed E-state index contributed by atoms with van der Waals surface area (Å²) in [5.41, 5.74) is 4.96. The Balaban J connectivity index is 1.35. The van der Waals surface area contributed by atoms with Crippen LogP contribution in [0.3, 0.4) is 0 Å². The minimum absolute atomic E-state index is 0.127. The number of aryl methyl sites for hydroxylation is 1. The summed E-state index contributed by atoms with van der Waals surface area (Å²) in [5, 5.41) is 8.33. The van der Waals surface area contributed by atoms with E-state index in [0.29, 0.717) is 18.0 Å². The Morgan fingerprint density at radius 1 is 1.09 bits per heavy atom. The maximum atomic E-state index is 11.9. The van der Waals surface area contributed by atoms with Crippen LogP contribution < -0.4 is 15.5 Å². The maximum Gasteiger partial charge on any atom is 0.225 e. The first-order valence-corrected chi connectivity index (χ1v) is 11.5. The van der Waals surface area contributed by atoms with Crippen LogP contribution >= 0.6 is 0 Å². The topological polar surface area (TPSA) is 85.9 Å². The van der Waals surface area contributed by atoms with Gasteiger partial charge in [0.15, 0.2) is 5.78 Å². The number of anilines is 2. The minimum Gasteiger partial charge on any atom is -0.362 e. The van der Waals surface area contributed by atoms with Crippen LogP contribution in [-0.4, -0.2) is 46.9 Å². The average Bonchev–Trinajstić information content (AvgIpc) is 3.05. The molecule has 3 aromatic rings. The quantitative estimate of drug-likeness (QED) is 0.479. The molecule has 0 unspecified atom stereocenters. The zero-order chi connectivity index (χ0) is 22.8. The second kappa shape index (κ2) is 9.28. The highest BCUT2D eigenvalue weighted by Crippen LogP contribution is 2.27. The fourth-order valence-electron chi connectivity index (χ4n) is 4.86. The molecule has 1 saturated carbocycles. The molecule has 1 aliphatic rings. The van der Waals surface area contributed by atoms with E-state index in [1.807, 2.05) is 51.0 Å². The summed E-state index contributed by atoms with van der Waals surface area (Å²) in [4.78, 5) is 26.8. The van der Waals surface area contributed by atoms with Crippen molar-refractivity contribution >= 4 is 28.5 Å². The number of aromatic amines is 1. The van der Waals surface area contributed by atoms with Crippen molar-refractivity contribution in [2.45, 2.75) is 65.1 Å². The Kier molecular flexibility index (Phi) is 6.46. The molecule has 1 aliphatic carbocycles. The van der Waals surface area contributed by atoms with Gasteiger partial charge in [0.25, 0.3) is 0 Å². The Labute approximate surface area is 190 Å². The molecule has 0 radical (unpaired) electrons. The molecule has 2 heterocycles. The van der Waals surface area contributed by atoms with Gasteiger partial charge in [-0.15, -0.1) is 0 Å². The smallest absolute Gasteiger partial charge is 0.225 e. The van der Waals surface area contributed by atoms with Crippen LogP contribution in [-0.2, 0) is 6.54 Å². The third kappa shape index (κ3) is 4.63. The molecule has 170 valence electrons. The predicted octanol–water partition coefficient (Wildman–Crippen LogP) is 4.36. The number of fused-ring (bicyclic) bond motifs is 1. The van der Waals surface area contributed by atoms with E-state index in [9.17, 15) is 4.79 Å². The highest BCUT2D eigenvalue weighted by Gasteiger charge is 2.23. The first kappa shape index (κ1) is 22.3. The molecular weight excluding hydrogens is 400 g/mol. The number of carbonyl (C=O) groups excluding carboxylic acids is 1. The van der Waals surface area contributed by atoms with Crippen LogP contribution in [0.1, 0.15) is 59.9 Å². The van der Waals surface area contributed by atoms with Crippen molar-refractivity contribution < 1.29 is 4.79 Å². The molecule has 1 aromatic carbocycles. The molecule has 32 heavy (non-hydrogen) atoms. The predicted molar refractivity (Wildman–Crippen MR) is 131 cm³/mol. The number of para-hydroxylation sites is 1. The number of rotatable bonds is 7. The van der Waals surface area contributed by atoms with Crippen LogP contribution in [0.5, 0.6) is 0 Å². The summed E-state index contributed by atoms with van der Waals surface area (Å²) < 4.78 is 0. The van der Waals surface area contributed by atoms with E-state index in [0.717, 1.165) is 71.5 Å². The van der Waals surface area contributed by atoms with E-state index in [4.69, 9.17) is 9.97 Å². The summed E-state index contributed by atoms with van der Waals surface area (Å²) in [7, 11) is 4.03. The van der Waals surface area contributed by atoms with Crippen molar-refractivity contribution in [3.63, 3.8) is 0 Å². The van der Waals surface area contributed by atoms with Crippen molar-refractivity contribution in [3.05, 3.63) is 46.8 Å². The Hall–Kier alpha value is -2.93. The SMILES string of the molecule is CC(=O)c1c(C)[nH]c(CNC2CCC(Nc3nc(N(C)C)c4ccccc4n3)CC2)c1C. The normalized spacial score (nSPS) is 18.7. The number of benzene rings is 1. The summed E-state index contributed by atoms with van der Waals surface area (Å²) in [6, 6.07) is 9.00. The van der Waals surface area contributed by atoms with Crippen molar-refractivity contribution in [2.24, 2.45) is 0 Å². The number of ketones is 1. The van der Waals surface area contributed by atoms with Gasteiger partial charge in [-0.05, 0) is 64.2 Å². The third-order valence-corrected chi connectivity index (χ3v) is 6.53. The van der Waals surface area contributed by atoms with Gasteiger partial charge < -0.3 is 20.5 Å². The highest BCUT2D eigenvalue weighted by molar-refractivity contribution is 5.97. The van der Waals surface area contributed by atoms with E-state index in [-0.39, 0.29) is 5.78 Å². The molecular formula is C25H34N6O. The monoisotopic (exact) mass is 434 g/mol. The zero-order valence-corrected chi connectivity index (χ0v) is 19.7. The third-order valence-electron chi connectivity index (χ3n) is 6.53. The fraction of sp³-hybridized carbons (Fsp3) is 0.480. The molecule has 0 saturated heterocycles. The van der Waals surface area contributed by atoms with Gasteiger partial charge in [-0.1, -0.05) is 12.1 Å². The molecule has 3 N–H and O–H groups in total. The molecule has 0 spiro atoms. The Morgan fingerprint density at radius 2 is 1.78 bits per heavy atom. The van der Waals surface area contributed by atoms with E-state index in [1.54, 1.807) is 6.92 Å². The number of nitrogens with one attached hydrogen (secondary N) is 3. The van der Waals surface area contributed by atoms with Gasteiger partial charge >= 0.3 is 0 Å². The largest absolute Gasteiger partial charge is 0.362 e. The van der Waals surface area contributed by atoms with Crippen molar-refractivity contribution in [3.8, 4) is 0 Å². The lowest BCUT2D eigenvalue weighted by Gasteiger charge is -2.30. The highest BCUT2D eigenvalue weighted by atomic mass is 16.1. The Morgan fingerprint density at radius 3 is 2.44 bits per heavy atom. The van der Waals surface area contributed by atoms with Gasteiger partial charge in [-0.25, -0.2) is 4.98 Å². The van der Waals surface area contributed by atoms with Crippen molar-refractivity contribution in [1.29, 1.82) is 0 Å². The molecule has 4 rings (SSSR count). The lowest BCUT2D eigenvalue weighted by molar-refractivity contribution is 0.101. The Bertz CT molecular complexity index is 1110. The number of aromatic nitrogens is 3. The zero-order valence-electron chi connectivity index (χ0n) is 19.7. The van der Waals surface area contributed by atoms with Crippen molar-refractivity contribution in [2.75, 3.05) is 24.3 Å². The van der Waals surface area contributed by atoms with Gasteiger partial charge in [-0.3, -0.25) is 4.79 Å². The second-order valence-corrected chi connectivity index (χ2v) is 9.14. The molecule has 0 amide bonds. The molecule has 0 atom stereocenters. The summed E-state index contributed by atoms with van der Waals surface area (Å²) in [6.45, 7) is 6.41. The first-order valence-electron chi connectivity index (χ1n) is 11.5. The molecule has 0 bridgehead atoms. The fourth-order valence-corrected chi connectivity index (χ4v) is 4.86.